The van der Waals surface area contributed by atoms with Crippen LogP contribution in [0.5, 0.6) is 0 Å². The van der Waals surface area contributed by atoms with Gasteiger partial charge in [-0.1, -0.05) is 0 Å². The summed E-state index contributed by atoms with van der Waals surface area (Å²) in [5.41, 5.74) is 11.5. The Kier molecular flexibility index (Phi) is 3.15. The molecular formula is C6H8N5S2-. The molecular weight excluding hydrogens is 206 g/mol. The molecule has 0 unspecified atom stereocenters. The summed E-state index contributed by atoms with van der Waals surface area (Å²) in [4.78, 5) is 7.79. The molecule has 5 nitrogen and oxygen atoms in total. The molecule has 0 fully saturated rings. The van der Waals surface area contributed by atoms with E-state index in [1.54, 1.807) is 6.07 Å². The van der Waals surface area contributed by atoms with Crippen molar-refractivity contribution in [3.8, 4) is 0 Å². The van der Waals surface area contributed by atoms with Crippen LogP contribution < -0.4 is 16.6 Å². The van der Waals surface area contributed by atoms with E-state index in [0.29, 0.717) is 5.82 Å². The molecule has 7 heteroatoms. The Balaban J connectivity index is 2.71. The highest BCUT2D eigenvalue weighted by Crippen LogP contribution is 2.05. The summed E-state index contributed by atoms with van der Waals surface area (Å²) in [5, 5.41) is 0. The number of nitrogens with one attached hydrogen (secondary N) is 2. The Hall–Kier alpha value is -1.21. The lowest BCUT2D eigenvalue weighted by Crippen LogP contribution is -2.26. The van der Waals surface area contributed by atoms with E-state index in [0.717, 1.165) is 5.69 Å². The van der Waals surface area contributed by atoms with Gasteiger partial charge in [0.05, 0.1) is 0 Å². The summed E-state index contributed by atoms with van der Waals surface area (Å²) in [6.45, 7) is 1.81. The van der Waals surface area contributed by atoms with Gasteiger partial charge < -0.3 is 36.0 Å². The second kappa shape index (κ2) is 4.15. The molecule has 1 aromatic rings. The van der Waals surface area contributed by atoms with Crippen molar-refractivity contribution in [2.75, 3.05) is 11.2 Å². The van der Waals surface area contributed by atoms with Gasteiger partial charge in [-0.05, 0) is 11.2 Å². The van der Waals surface area contributed by atoms with Gasteiger partial charge >= 0.3 is 0 Å². The van der Waals surface area contributed by atoms with Crippen molar-refractivity contribution in [1.29, 1.82) is 0 Å². The van der Waals surface area contributed by atoms with Gasteiger partial charge in [-0.2, -0.15) is 4.98 Å². The molecule has 1 aromatic heterocycles. The van der Waals surface area contributed by atoms with Crippen LogP contribution in [0.3, 0.4) is 0 Å². The summed E-state index contributed by atoms with van der Waals surface area (Å²) in [6, 6.07) is 1.72. The molecule has 1 heterocycles. The fourth-order valence-electron chi connectivity index (χ4n) is 0.771. The molecule has 0 saturated heterocycles. The molecule has 0 aliphatic rings. The molecule has 0 amide bonds. The number of aromatic nitrogens is 2. The van der Waals surface area contributed by atoms with Crippen molar-refractivity contribution in [1.82, 2.24) is 15.4 Å². The van der Waals surface area contributed by atoms with E-state index < -0.39 is 0 Å². The zero-order chi connectivity index (χ0) is 9.84. The summed E-state index contributed by atoms with van der Waals surface area (Å²) < 4.78 is 0.217. The number of aryl methyl sites for hydroxylation is 1. The van der Waals surface area contributed by atoms with Crippen molar-refractivity contribution in [2.45, 2.75) is 6.92 Å². The second-order valence-corrected chi connectivity index (χ2v) is 3.37. The van der Waals surface area contributed by atoms with Crippen molar-refractivity contribution >= 4 is 40.9 Å². The highest BCUT2D eigenvalue weighted by Gasteiger charge is 1.96. The van der Waals surface area contributed by atoms with Gasteiger partial charge in [0.25, 0.3) is 0 Å². The number of hydrogen-bond acceptors (Lipinski definition) is 6. The molecule has 0 atom stereocenters. The van der Waals surface area contributed by atoms with E-state index in [4.69, 9.17) is 5.73 Å². The van der Waals surface area contributed by atoms with Gasteiger partial charge in [0.1, 0.15) is 5.82 Å². The molecule has 0 aliphatic heterocycles. The van der Waals surface area contributed by atoms with Crippen LogP contribution in [-0.4, -0.2) is 14.3 Å². The van der Waals surface area contributed by atoms with Crippen LogP contribution in [0.1, 0.15) is 5.69 Å². The van der Waals surface area contributed by atoms with Crippen molar-refractivity contribution in [3.05, 3.63) is 11.8 Å². The van der Waals surface area contributed by atoms with Crippen LogP contribution in [0.25, 0.3) is 0 Å². The SMILES string of the molecule is Cc1cc(NNC(=S)[S-])nc(N)n1. The third-order valence-electron chi connectivity index (χ3n) is 1.16. The summed E-state index contributed by atoms with van der Waals surface area (Å²) in [6.07, 6.45) is 0. The number of rotatable bonds is 2. The minimum atomic E-state index is 0.208. The number of nitrogen functional groups attached to an aromatic ring is 1. The number of thiocarbonyl (C=S) groups is 1. The first-order valence-corrected chi connectivity index (χ1v) is 4.24. The quantitative estimate of drug-likeness (QED) is 0.366. The molecule has 0 aliphatic carbocycles. The average molecular weight is 214 g/mol. The maximum absolute atomic E-state index is 5.42. The first-order chi connectivity index (χ1) is 6.08. The van der Waals surface area contributed by atoms with Crippen LogP contribution in [0.15, 0.2) is 6.07 Å². The minimum absolute atomic E-state index is 0.208. The molecule has 0 radical (unpaired) electrons. The average Bonchev–Trinajstić information content (AvgIpc) is 1.99. The van der Waals surface area contributed by atoms with E-state index in [9.17, 15) is 0 Å². The first-order valence-electron chi connectivity index (χ1n) is 3.42. The normalized spacial score (nSPS) is 9.31. The Morgan fingerprint density at radius 2 is 2.31 bits per heavy atom. The van der Waals surface area contributed by atoms with E-state index in [1.807, 2.05) is 6.92 Å². The molecule has 0 bridgehead atoms. The monoisotopic (exact) mass is 214 g/mol. The molecule has 0 saturated carbocycles. The van der Waals surface area contributed by atoms with E-state index >= 15 is 0 Å². The van der Waals surface area contributed by atoms with E-state index in [1.165, 1.54) is 0 Å². The van der Waals surface area contributed by atoms with Crippen molar-refractivity contribution in [2.24, 2.45) is 0 Å². The fraction of sp³-hybridized carbons (Fsp3) is 0.167. The lowest BCUT2D eigenvalue weighted by Gasteiger charge is -2.11. The maximum Gasteiger partial charge on any atom is 0.222 e. The smallest absolute Gasteiger partial charge is 0.222 e. The second-order valence-electron chi connectivity index (χ2n) is 2.29. The summed E-state index contributed by atoms with van der Waals surface area (Å²) in [7, 11) is 0. The maximum atomic E-state index is 5.42. The molecule has 70 valence electrons. The van der Waals surface area contributed by atoms with Crippen molar-refractivity contribution < 1.29 is 0 Å². The standard InChI is InChI=1S/C6H9N5S2/c1-3-2-4(9-5(7)8-3)10-11-6(12)13/h2H,1H3,(H2,11,12,13)(H3,7,8,9,10)/p-1. The van der Waals surface area contributed by atoms with Crippen LogP contribution in [0.2, 0.25) is 0 Å². The van der Waals surface area contributed by atoms with E-state index in [2.05, 4.69) is 45.7 Å². The number of hydrazine groups is 1. The molecule has 1 rings (SSSR count). The summed E-state index contributed by atoms with van der Waals surface area (Å²) in [5.74, 6) is 0.747. The van der Waals surface area contributed by atoms with Gasteiger partial charge in [-0.15, -0.1) is 0 Å². The molecule has 0 spiro atoms. The van der Waals surface area contributed by atoms with Gasteiger partial charge in [0.15, 0.2) is 0 Å². The zero-order valence-electron chi connectivity index (χ0n) is 6.87. The topological polar surface area (TPSA) is 75.9 Å². The number of hydrogen-bond donors (Lipinski definition) is 3. The Morgan fingerprint density at radius 3 is 2.85 bits per heavy atom. The van der Waals surface area contributed by atoms with Crippen LogP contribution >= 0.6 is 12.2 Å². The minimum Gasteiger partial charge on any atom is -0.410 e. The number of anilines is 2. The van der Waals surface area contributed by atoms with Crippen LogP contribution in [0, 0.1) is 6.92 Å². The summed E-state index contributed by atoms with van der Waals surface area (Å²) >= 11 is 9.25. The first kappa shape index (κ1) is 9.87. The largest absolute Gasteiger partial charge is 0.410 e. The molecule has 4 N–H and O–H groups in total. The third kappa shape index (κ3) is 3.34. The molecule has 0 aromatic carbocycles. The Morgan fingerprint density at radius 1 is 1.62 bits per heavy atom. The fourth-order valence-corrected chi connectivity index (χ4v) is 0.873. The van der Waals surface area contributed by atoms with Gasteiger partial charge in [-0.25, -0.2) is 4.98 Å². The lowest BCUT2D eigenvalue weighted by molar-refractivity contribution is 1.06. The highest BCUT2D eigenvalue weighted by atomic mass is 32.1. The predicted octanol–water partition coefficient (Wildman–Crippen LogP) is 0.116. The third-order valence-corrected chi connectivity index (χ3v) is 1.37. The van der Waals surface area contributed by atoms with Gasteiger partial charge in [0.2, 0.25) is 5.95 Å². The predicted molar refractivity (Wildman–Crippen MR) is 57.9 cm³/mol. The van der Waals surface area contributed by atoms with Crippen LogP contribution in [0.4, 0.5) is 11.8 Å². The Labute approximate surface area is 86.5 Å². The lowest BCUT2D eigenvalue weighted by atomic mass is 10.4. The number of nitrogens with zero attached hydrogens (tertiary/aromatic N) is 2. The number of nitrogens with two attached hydrogens (primary N) is 1. The van der Waals surface area contributed by atoms with Crippen molar-refractivity contribution in [3.63, 3.8) is 0 Å². The van der Waals surface area contributed by atoms with Gasteiger partial charge in [-0.3, -0.25) is 5.43 Å². The highest BCUT2D eigenvalue weighted by molar-refractivity contribution is 8.00. The van der Waals surface area contributed by atoms with Gasteiger partial charge in [0, 0.05) is 11.8 Å². The molecule has 13 heavy (non-hydrogen) atoms. The zero-order valence-corrected chi connectivity index (χ0v) is 8.50. The van der Waals surface area contributed by atoms with Crippen LogP contribution in [-0.2, 0) is 12.6 Å². The van der Waals surface area contributed by atoms with E-state index in [-0.39, 0.29) is 10.3 Å². The Bertz CT molecular complexity index is 307.